The lowest BCUT2D eigenvalue weighted by Crippen LogP contribution is -1.93. The Morgan fingerprint density at radius 1 is 1.50 bits per heavy atom. The summed E-state index contributed by atoms with van der Waals surface area (Å²) in [6.45, 7) is 0. The van der Waals surface area contributed by atoms with Crippen LogP contribution >= 0.6 is 23.2 Å². The van der Waals surface area contributed by atoms with Gasteiger partial charge in [-0.15, -0.1) is 0 Å². The molecule has 0 aromatic heterocycles. The van der Waals surface area contributed by atoms with Crippen molar-refractivity contribution >= 4 is 29.2 Å². The van der Waals surface area contributed by atoms with E-state index in [1.54, 1.807) is 0 Å². The van der Waals surface area contributed by atoms with E-state index in [2.05, 4.69) is 4.74 Å². The molecule has 0 atom stereocenters. The van der Waals surface area contributed by atoms with Gasteiger partial charge in [-0.3, -0.25) is 0 Å². The van der Waals surface area contributed by atoms with Crippen molar-refractivity contribution in [3.63, 3.8) is 0 Å². The maximum Gasteiger partial charge on any atom is 0.330 e. The molecule has 0 rings (SSSR count). The monoisotopic (exact) mass is 180 g/mol. The summed E-state index contributed by atoms with van der Waals surface area (Å²) in [7, 11) is 1.28. The van der Waals surface area contributed by atoms with Gasteiger partial charge in [-0.25, -0.2) is 4.79 Å². The van der Waals surface area contributed by atoms with Crippen molar-refractivity contribution in [3.8, 4) is 0 Å². The number of carbonyl (C=O) groups excluding carboxylic acids is 1. The summed E-state index contributed by atoms with van der Waals surface area (Å²) >= 11 is 10.6. The maximum absolute atomic E-state index is 10.4. The van der Waals surface area contributed by atoms with Crippen LogP contribution in [0.4, 0.5) is 0 Å². The Morgan fingerprint density at radius 2 is 2.10 bits per heavy atom. The molecule has 2 nitrogen and oxygen atoms in total. The highest BCUT2D eigenvalue weighted by atomic mass is 35.5. The first kappa shape index (κ1) is 9.53. The molecule has 4 heteroatoms. The van der Waals surface area contributed by atoms with Gasteiger partial charge in [0.15, 0.2) is 0 Å². The second-order valence-corrected chi connectivity index (χ2v) is 2.01. The quantitative estimate of drug-likeness (QED) is 0.370. The number of esters is 1. The van der Waals surface area contributed by atoms with E-state index in [-0.39, 0.29) is 5.03 Å². The molecular weight excluding hydrogens is 175 g/mol. The molecule has 0 aromatic rings. The summed E-state index contributed by atoms with van der Waals surface area (Å²) in [4.78, 5) is 10.4. The van der Waals surface area contributed by atoms with Crippen LogP contribution in [0.15, 0.2) is 22.7 Å². The lowest BCUT2D eigenvalue weighted by molar-refractivity contribution is -0.134. The fourth-order valence-electron chi connectivity index (χ4n) is 0.252. The molecule has 0 aromatic carbocycles. The first-order valence-corrected chi connectivity index (χ1v) is 3.24. The number of allylic oxidation sites excluding steroid dienone is 2. The highest BCUT2D eigenvalue weighted by Crippen LogP contribution is 2.03. The molecule has 0 aliphatic carbocycles. The van der Waals surface area contributed by atoms with Crippen molar-refractivity contribution < 1.29 is 9.53 Å². The van der Waals surface area contributed by atoms with E-state index in [4.69, 9.17) is 23.2 Å². The van der Waals surface area contributed by atoms with E-state index in [1.807, 2.05) is 0 Å². The van der Waals surface area contributed by atoms with Gasteiger partial charge in [-0.05, 0) is 6.08 Å². The van der Waals surface area contributed by atoms with Crippen LogP contribution in [0.1, 0.15) is 0 Å². The maximum atomic E-state index is 10.4. The number of carbonyl (C=O) groups is 1. The second-order valence-electron chi connectivity index (χ2n) is 1.35. The molecule has 0 amide bonds. The van der Waals surface area contributed by atoms with Crippen LogP contribution in [0.5, 0.6) is 0 Å². The van der Waals surface area contributed by atoms with Gasteiger partial charge in [0.2, 0.25) is 0 Å². The number of hydrogen-bond donors (Lipinski definition) is 0. The van der Waals surface area contributed by atoms with Crippen LogP contribution in [-0.4, -0.2) is 13.1 Å². The minimum atomic E-state index is -0.461. The molecule has 0 aliphatic heterocycles. The highest BCUT2D eigenvalue weighted by molar-refractivity contribution is 6.37. The number of ether oxygens (including phenoxy) is 1. The Balaban J connectivity index is 3.88. The Labute approximate surface area is 69.1 Å². The van der Waals surface area contributed by atoms with Crippen molar-refractivity contribution in [1.82, 2.24) is 0 Å². The van der Waals surface area contributed by atoms with Gasteiger partial charge in [-0.1, -0.05) is 23.2 Å². The minimum Gasteiger partial charge on any atom is -0.466 e. The molecule has 0 radical (unpaired) electrons. The number of methoxy groups -OCH3 is 1. The van der Waals surface area contributed by atoms with Gasteiger partial charge in [0.05, 0.1) is 12.1 Å². The van der Waals surface area contributed by atoms with Gasteiger partial charge in [-0.2, -0.15) is 0 Å². The van der Waals surface area contributed by atoms with Crippen LogP contribution in [0, 0.1) is 0 Å². The van der Waals surface area contributed by atoms with E-state index in [9.17, 15) is 4.79 Å². The molecule has 56 valence electrons. The summed E-state index contributed by atoms with van der Waals surface area (Å²) in [5.41, 5.74) is 1.15. The smallest absolute Gasteiger partial charge is 0.330 e. The molecule has 0 aliphatic rings. The largest absolute Gasteiger partial charge is 0.466 e. The van der Waals surface area contributed by atoms with Crippen molar-refractivity contribution in [2.45, 2.75) is 0 Å². The highest BCUT2D eigenvalue weighted by Gasteiger charge is 1.89. The first-order chi connectivity index (χ1) is 4.70. The van der Waals surface area contributed by atoms with Crippen LogP contribution in [-0.2, 0) is 9.53 Å². The summed E-state index contributed by atoms with van der Waals surface area (Å²) in [6.07, 6.45) is 2.53. The molecular formula is C6H6Cl2O2. The van der Waals surface area contributed by atoms with Crippen LogP contribution < -0.4 is 0 Å². The van der Waals surface area contributed by atoms with Crippen molar-refractivity contribution in [1.29, 1.82) is 0 Å². The second kappa shape index (κ2) is 5.33. The lowest BCUT2D eigenvalue weighted by Gasteiger charge is -1.87. The average molecular weight is 181 g/mol. The molecule has 0 heterocycles. The molecule has 0 spiro atoms. The summed E-state index contributed by atoms with van der Waals surface area (Å²) in [6, 6.07) is 0. The van der Waals surface area contributed by atoms with E-state index < -0.39 is 5.97 Å². The zero-order chi connectivity index (χ0) is 7.98. The van der Waals surface area contributed by atoms with Gasteiger partial charge in [0.1, 0.15) is 0 Å². The Morgan fingerprint density at radius 3 is 2.50 bits per heavy atom. The van der Waals surface area contributed by atoms with Crippen molar-refractivity contribution in [2.75, 3.05) is 7.11 Å². The van der Waals surface area contributed by atoms with E-state index in [1.165, 1.54) is 19.3 Å². The predicted molar refractivity (Wildman–Crippen MR) is 40.9 cm³/mol. The zero-order valence-corrected chi connectivity index (χ0v) is 6.82. The van der Waals surface area contributed by atoms with Crippen LogP contribution in [0.2, 0.25) is 0 Å². The molecule has 0 bridgehead atoms. The van der Waals surface area contributed by atoms with Gasteiger partial charge >= 0.3 is 5.97 Å². The SMILES string of the molecule is COC(=O)/C=C/C(Cl)=C/Cl. The summed E-state index contributed by atoms with van der Waals surface area (Å²) in [5.74, 6) is -0.461. The van der Waals surface area contributed by atoms with Gasteiger partial charge in [0, 0.05) is 11.6 Å². The normalized spacial score (nSPS) is 12.1. The molecule has 0 saturated carbocycles. The van der Waals surface area contributed by atoms with Gasteiger partial charge in [0.25, 0.3) is 0 Å². The topological polar surface area (TPSA) is 26.3 Å². The van der Waals surface area contributed by atoms with Crippen LogP contribution in [0.25, 0.3) is 0 Å². The third kappa shape index (κ3) is 4.41. The lowest BCUT2D eigenvalue weighted by atomic mass is 10.5. The first-order valence-electron chi connectivity index (χ1n) is 2.42. The third-order valence-corrected chi connectivity index (χ3v) is 1.27. The van der Waals surface area contributed by atoms with Crippen molar-refractivity contribution in [3.05, 3.63) is 22.7 Å². The van der Waals surface area contributed by atoms with E-state index in [0.717, 1.165) is 5.54 Å². The average Bonchev–Trinajstić information content (AvgIpc) is 1.99. The molecule has 0 N–H and O–H groups in total. The predicted octanol–water partition coefficient (Wildman–Crippen LogP) is 2.03. The number of hydrogen-bond acceptors (Lipinski definition) is 2. The molecule has 0 saturated heterocycles. The van der Waals surface area contributed by atoms with Crippen LogP contribution in [0.3, 0.4) is 0 Å². The Hall–Kier alpha value is -0.470. The third-order valence-electron chi connectivity index (χ3n) is 0.684. The Kier molecular flexibility index (Phi) is 5.08. The fraction of sp³-hybridized carbons (Fsp3) is 0.167. The summed E-state index contributed by atoms with van der Waals surface area (Å²) in [5, 5.41) is 0.284. The molecule has 0 fully saturated rings. The standard InChI is InChI=1S/C6H6Cl2O2/c1-10-6(9)3-2-5(8)4-7/h2-4H,1H3/b3-2+,5-4-. The molecule has 10 heavy (non-hydrogen) atoms. The fourth-order valence-corrected chi connectivity index (χ4v) is 0.388. The van der Waals surface area contributed by atoms with Crippen molar-refractivity contribution in [2.24, 2.45) is 0 Å². The minimum absolute atomic E-state index is 0.284. The van der Waals surface area contributed by atoms with Gasteiger partial charge < -0.3 is 4.74 Å². The van der Waals surface area contributed by atoms with E-state index >= 15 is 0 Å². The summed E-state index contributed by atoms with van der Waals surface area (Å²) < 4.78 is 4.29. The van der Waals surface area contributed by atoms with E-state index in [0.29, 0.717) is 0 Å². The zero-order valence-electron chi connectivity index (χ0n) is 5.30. The number of rotatable bonds is 2. The Bertz CT molecular complexity index is 173. The number of halogens is 2. The molecule has 0 unspecified atom stereocenters.